The van der Waals surface area contributed by atoms with Gasteiger partial charge in [-0.05, 0) is 19.2 Å². The summed E-state index contributed by atoms with van der Waals surface area (Å²) in [5.74, 6) is 0.750. The number of rotatable bonds is 0. The van der Waals surface area contributed by atoms with Crippen LogP contribution in [0, 0.1) is 0 Å². The fourth-order valence-electron chi connectivity index (χ4n) is 1.21. The molecule has 0 saturated carbocycles. The average molecular weight is 185 g/mol. The highest BCUT2D eigenvalue weighted by Crippen LogP contribution is 2.35. The van der Waals surface area contributed by atoms with Gasteiger partial charge < -0.3 is 9.84 Å². The van der Waals surface area contributed by atoms with Gasteiger partial charge in [0.2, 0.25) is 0 Å². The van der Waals surface area contributed by atoms with Crippen molar-refractivity contribution in [3.05, 3.63) is 16.3 Å². The molecule has 1 aliphatic rings. The van der Waals surface area contributed by atoms with Crippen molar-refractivity contribution in [2.24, 2.45) is 0 Å². The Morgan fingerprint density at radius 1 is 1.75 bits per heavy atom. The minimum absolute atomic E-state index is 0.579. The molecule has 3 heteroatoms. The summed E-state index contributed by atoms with van der Waals surface area (Å²) in [5, 5.41) is 13.5. The van der Waals surface area contributed by atoms with Crippen molar-refractivity contribution in [2.45, 2.75) is 31.9 Å². The van der Waals surface area contributed by atoms with Crippen LogP contribution >= 0.6 is 11.3 Å². The number of aliphatic hydroxyl groups is 1. The predicted octanol–water partition coefficient (Wildman–Crippen LogP) is 1.82. The molecule has 0 aromatic carbocycles. The molecule has 0 saturated heterocycles. The molecular formula is C9H12O2S. The maximum absolute atomic E-state index is 9.76. The topological polar surface area (TPSA) is 29.5 Å². The molecule has 2 heterocycles. The normalized spacial score (nSPS) is 33.4. The Labute approximate surface area is 77.2 Å². The summed E-state index contributed by atoms with van der Waals surface area (Å²) in [6.07, 6.45) is -1.33. The summed E-state index contributed by atoms with van der Waals surface area (Å²) in [7, 11) is 0. The maximum Gasteiger partial charge on any atom is 0.134 e. The predicted molar refractivity (Wildman–Crippen MR) is 48.7 cm³/mol. The molecule has 2 nitrogen and oxygen atoms in total. The first kappa shape index (κ1) is 6.92. The number of thiophene rings is 1. The molecule has 0 fully saturated rings. The highest BCUT2D eigenvalue weighted by Gasteiger charge is 2.35. The molecule has 0 spiro atoms. The number of hydrogen-bond acceptors (Lipinski definition) is 3. The van der Waals surface area contributed by atoms with E-state index in [-0.39, 0.29) is 0 Å². The quantitative estimate of drug-likeness (QED) is 0.668. The van der Waals surface area contributed by atoms with Crippen LogP contribution in [0.3, 0.4) is 0 Å². The highest BCUT2D eigenvalue weighted by atomic mass is 32.1. The maximum atomic E-state index is 9.76. The van der Waals surface area contributed by atoms with Gasteiger partial charge in [0.15, 0.2) is 0 Å². The van der Waals surface area contributed by atoms with Gasteiger partial charge in [-0.3, -0.25) is 0 Å². The van der Waals surface area contributed by atoms with Crippen LogP contribution in [0.25, 0.3) is 0 Å². The Kier molecular flexibility index (Phi) is 1.43. The third-order valence-electron chi connectivity index (χ3n) is 2.08. The van der Waals surface area contributed by atoms with Gasteiger partial charge in [-0.1, -0.05) is 0 Å². The van der Waals surface area contributed by atoms with E-state index in [0.29, 0.717) is 0 Å². The van der Waals surface area contributed by atoms with E-state index in [1.165, 1.54) is 11.3 Å². The minimum Gasteiger partial charge on any atom is -0.484 e. The van der Waals surface area contributed by atoms with Crippen LogP contribution in [-0.4, -0.2) is 16.8 Å². The molecule has 2 rings (SSSR count). The zero-order valence-electron chi connectivity index (χ0n) is 8.07. The van der Waals surface area contributed by atoms with Gasteiger partial charge in [-0.15, -0.1) is 11.3 Å². The zero-order valence-corrected chi connectivity index (χ0v) is 7.89. The molecule has 0 amide bonds. The zero-order chi connectivity index (χ0) is 9.64. The average Bonchev–Trinajstić information content (AvgIpc) is 2.47. The molecule has 1 N–H and O–H groups in total. The first-order chi connectivity index (χ1) is 6.02. The van der Waals surface area contributed by atoms with Gasteiger partial charge in [0.1, 0.15) is 11.4 Å². The van der Waals surface area contributed by atoms with Gasteiger partial charge in [0, 0.05) is 18.7 Å². The lowest BCUT2D eigenvalue weighted by Gasteiger charge is -2.35. The monoisotopic (exact) mass is 185 g/mol. The van der Waals surface area contributed by atoms with E-state index in [4.69, 9.17) is 6.11 Å². The number of aliphatic hydroxyl groups excluding tert-OH is 1. The standard InChI is InChI=1S/C9H12O2S/c1-9(2)8(10)3-6-4-12-5-7(6)11-9/h4-5,8,10H,3H2,1-2H3/i3D. The summed E-state index contributed by atoms with van der Waals surface area (Å²) >= 11 is 1.51. The largest absolute Gasteiger partial charge is 0.484 e. The van der Waals surface area contributed by atoms with Crippen LogP contribution in [0.15, 0.2) is 10.8 Å². The second-order valence-corrected chi connectivity index (χ2v) is 4.25. The van der Waals surface area contributed by atoms with Crippen LogP contribution in [0.4, 0.5) is 0 Å². The smallest absolute Gasteiger partial charge is 0.134 e. The molecule has 1 aliphatic heterocycles. The molecule has 1 aromatic heterocycles. The summed E-state index contributed by atoms with van der Waals surface area (Å²) in [5.41, 5.74) is 0.150. The summed E-state index contributed by atoms with van der Waals surface area (Å²) in [4.78, 5) is 0. The van der Waals surface area contributed by atoms with E-state index in [1.54, 1.807) is 13.8 Å². The molecule has 2 unspecified atom stereocenters. The lowest BCUT2D eigenvalue weighted by atomic mass is 9.93. The highest BCUT2D eigenvalue weighted by molar-refractivity contribution is 7.08. The van der Waals surface area contributed by atoms with Crippen LogP contribution in [0.1, 0.15) is 20.8 Å². The molecule has 2 atom stereocenters. The van der Waals surface area contributed by atoms with Crippen molar-refractivity contribution >= 4 is 11.3 Å². The van der Waals surface area contributed by atoms with E-state index in [1.807, 2.05) is 10.8 Å². The van der Waals surface area contributed by atoms with Crippen molar-refractivity contribution in [1.82, 2.24) is 0 Å². The molecule has 0 aliphatic carbocycles. The van der Waals surface area contributed by atoms with E-state index < -0.39 is 18.1 Å². The number of ether oxygens (including phenoxy) is 1. The number of hydrogen-bond donors (Lipinski definition) is 1. The van der Waals surface area contributed by atoms with Crippen molar-refractivity contribution < 1.29 is 11.2 Å². The Morgan fingerprint density at radius 3 is 3.25 bits per heavy atom. The van der Waals surface area contributed by atoms with Gasteiger partial charge >= 0.3 is 0 Å². The molecule has 0 bridgehead atoms. The van der Waals surface area contributed by atoms with Crippen LogP contribution in [0.2, 0.25) is 0 Å². The molecule has 0 radical (unpaired) electrons. The first-order valence-corrected chi connectivity index (χ1v) is 4.82. The first-order valence-electron chi connectivity index (χ1n) is 4.45. The molecular weight excluding hydrogens is 172 g/mol. The third kappa shape index (κ3) is 1.13. The fourth-order valence-corrected chi connectivity index (χ4v) is 1.93. The molecule has 1 aromatic rings. The van der Waals surface area contributed by atoms with Gasteiger partial charge in [-0.2, -0.15) is 0 Å². The lowest BCUT2D eigenvalue weighted by molar-refractivity contribution is -0.0406. The van der Waals surface area contributed by atoms with Gasteiger partial charge in [0.25, 0.3) is 0 Å². The Morgan fingerprint density at radius 2 is 2.50 bits per heavy atom. The van der Waals surface area contributed by atoms with Crippen molar-refractivity contribution in [2.75, 3.05) is 0 Å². The van der Waals surface area contributed by atoms with Crippen molar-refractivity contribution in [1.29, 1.82) is 0 Å². The van der Waals surface area contributed by atoms with Crippen molar-refractivity contribution in [3.8, 4) is 5.75 Å². The minimum atomic E-state index is -0.755. The summed E-state index contributed by atoms with van der Waals surface area (Å²) in [6, 6.07) is 0. The summed E-state index contributed by atoms with van der Waals surface area (Å²) in [6.45, 7) is 3.61. The van der Waals surface area contributed by atoms with Gasteiger partial charge in [-0.25, -0.2) is 0 Å². The van der Waals surface area contributed by atoms with E-state index >= 15 is 0 Å². The lowest BCUT2D eigenvalue weighted by Crippen LogP contribution is -2.45. The Balaban J connectivity index is 2.44. The van der Waals surface area contributed by atoms with Crippen LogP contribution in [-0.2, 0) is 6.40 Å². The van der Waals surface area contributed by atoms with Gasteiger partial charge in [0.05, 0.1) is 6.10 Å². The second kappa shape index (κ2) is 2.47. The van der Waals surface area contributed by atoms with E-state index in [2.05, 4.69) is 0 Å². The SMILES string of the molecule is [2H]C1c2cscc2OC(C)(C)C1O. The summed E-state index contributed by atoms with van der Waals surface area (Å²) < 4.78 is 13.4. The fraction of sp³-hybridized carbons (Fsp3) is 0.556. The molecule has 66 valence electrons. The number of fused-ring (bicyclic) bond motifs is 1. The third-order valence-corrected chi connectivity index (χ3v) is 2.82. The second-order valence-electron chi connectivity index (χ2n) is 3.51. The van der Waals surface area contributed by atoms with Crippen molar-refractivity contribution in [3.63, 3.8) is 0 Å². The van der Waals surface area contributed by atoms with E-state index in [0.717, 1.165) is 11.3 Å². The van der Waals surface area contributed by atoms with E-state index in [9.17, 15) is 5.11 Å². The molecule has 12 heavy (non-hydrogen) atoms. The van der Waals surface area contributed by atoms with Crippen LogP contribution in [0.5, 0.6) is 5.75 Å². The Hall–Kier alpha value is -0.540. The van der Waals surface area contributed by atoms with Crippen LogP contribution < -0.4 is 4.74 Å². The Bertz CT molecular complexity index is 321.